The van der Waals surface area contributed by atoms with Crippen LogP contribution in [0, 0.1) is 11.8 Å². The summed E-state index contributed by atoms with van der Waals surface area (Å²) < 4.78 is 28.2. The molecule has 47 heavy (non-hydrogen) atoms. The molecular formula is C36H35N3O8. The van der Waals surface area contributed by atoms with Crippen molar-refractivity contribution in [3.8, 4) is 28.7 Å². The fourth-order valence-corrected chi connectivity index (χ4v) is 6.78. The van der Waals surface area contributed by atoms with Crippen molar-refractivity contribution in [2.24, 2.45) is 11.8 Å². The third-order valence-electron chi connectivity index (χ3n) is 9.16. The number of nitrogens with zero attached hydrogens (tertiary/aromatic N) is 1. The van der Waals surface area contributed by atoms with E-state index in [1.54, 1.807) is 24.3 Å². The highest BCUT2D eigenvalue weighted by molar-refractivity contribution is 6.04. The molecule has 0 spiro atoms. The Hall–Kier alpha value is -5.58. The number of anilines is 3. The Labute approximate surface area is 272 Å². The van der Waals surface area contributed by atoms with Crippen LogP contribution in [0.5, 0.6) is 28.7 Å². The molecule has 3 aliphatic rings. The summed E-state index contributed by atoms with van der Waals surface area (Å²) in [7, 11) is 6.84. The Balaban J connectivity index is 1.21. The van der Waals surface area contributed by atoms with Gasteiger partial charge in [0.2, 0.25) is 12.5 Å². The quantitative estimate of drug-likeness (QED) is 0.212. The average molecular weight is 638 g/mol. The predicted octanol–water partition coefficient (Wildman–Crippen LogP) is 5.54. The number of cyclic esters (lactones) is 1. The lowest BCUT2D eigenvalue weighted by Crippen LogP contribution is -2.37. The van der Waals surface area contributed by atoms with Crippen LogP contribution in [0.4, 0.5) is 17.1 Å². The molecule has 0 radical (unpaired) electrons. The van der Waals surface area contributed by atoms with E-state index in [0.717, 1.165) is 28.1 Å². The van der Waals surface area contributed by atoms with E-state index in [2.05, 4.69) is 10.6 Å². The van der Waals surface area contributed by atoms with Gasteiger partial charge in [0, 0.05) is 48.6 Å². The van der Waals surface area contributed by atoms with Gasteiger partial charge in [-0.3, -0.25) is 9.59 Å². The molecule has 0 unspecified atom stereocenters. The van der Waals surface area contributed by atoms with Gasteiger partial charge < -0.3 is 44.3 Å². The molecule has 0 saturated carbocycles. The van der Waals surface area contributed by atoms with Crippen molar-refractivity contribution in [1.82, 2.24) is 0 Å². The summed E-state index contributed by atoms with van der Waals surface area (Å²) in [5, 5.41) is 17.2. The summed E-state index contributed by atoms with van der Waals surface area (Å²) in [5.41, 5.74) is 5.56. The van der Waals surface area contributed by atoms with Crippen molar-refractivity contribution in [1.29, 1.82) is 0 Å². The Morgan fingerprint density at radius 2 is 1.47 bits per heavy atom. The van der Waals surface area contributed by atoms with Crippen molar-refractivity contribution in [3.05, 3.63) is 95.1 Å². The van der Waals surface area contributed by atoms with Crippen molar-refractivity contribution in [3.63, 3.8) is 0 Å². The fourth-order valence-electron chi connectivity index (χ4n) is 6.78. The van der Waals surface area contributed by atoms with Crippen molar-refractivity contribution in [2.45, 2.75) is 12.0 Å². The molecular weight excluding hydrogens is 602 g/mol. The average Bonchev–Trinajstić information content (AvgIpc) is 3.71. The van der Waals surface area contributed by atoms with Gasteiger partial charge >= 0.3 is 5.97 Å². The first kappa shape index (κ1) is 30.1. The van der Waals surface area contributed by atoms with E-state index in [9.17, 15) is 14.7 Å². The van der Waals surface area contributed by atoms with E-state index in [0.29, 0.717) is 22.7 Å². The molecule has 2 aliphatic heterocycles. The second kappa shape index (κ2) is 12.0. The third kappa shape index (κ3) is 5.37. The number of benzene rings is 4. The van der Waals surface area contributed by atoms with E-state index >= 15 is 0 Å². The number of fused-ring (bicyclic) bond motifs is 3. The highest BCUT2D eigenvalue weighted by Crippen LogP contribution is 2.56. The van der Waals surface area contributed by atoms with E-state index in [4.69, 9.17) is 23.7 Å². The van der Waals surface area contributed by atoms with Gasteiger partial charge in [-0.05, 0) is 89.5 Å². The molecule has 1 saturated heterocycles. The van der Waals surface area contributed by atoms with Gasteiger partial charge in [-0.25, -0.2) is 0 Å². The summed E-state index contributed by atoms with van der Waals surface area (Å²) in [5.74, 6) is -0.165. The minimum Gasteiger partial charge on any atom is -0.502 e. The Bertz CT molecular complexity index is 1820. The van der Waals surface area contributed by atoms with Crippen molar-refractivity contribution < 1.29 is 38.4 Å². The molecule has 4 aromatic carbocycles. The topological polar surface area (TPSA) is 128 Å². The Kier molecular flexibility index (Phi) is 7.67. The Morgan fingerprint density at radius 1 is 0.851 bits per heavy atom. The number of nitrogens with one attached hydrogen (secondary N) is 2. The molecule has 3 N–H and O–H groups in total. The van der Waals surface area contributed by atoms with Crippen LogP contribution in [0.1, 0.15) is 39.0 Å². The molecule has 242 valence electrons. The summed E-state index contributed by atoms with van der Waals surface area (Å²) in [6, 6.07) is 21.9. The van der Waals surface area contributed by atoms with Gasteiger partial charge in [0.1, 0.15) is 0 Å². The summed E-state index contributed by atoms with van der Waals surface area (Å²) in [4.78, 5) is 28.3. The maximum absolute atomic E-state index is 13.5. The molecule has 0 aromatic heterocycles. The molecule has 11 heteroatoms. The van der Waals surface area contributed by atoms with Crippen LogP contribution < -0.4 is 34.5 Å². The lowest BCUT2D eigenvalue weighted by atomic mass is 9.65. The van der Waals surface area contributed by atoms with Gasteiger partial charge in [0.25, 0.3) is 5.91 Å². The monoisotopic (exact) mass is 637 g/mol. The number of hydrogen-bond acceptors (Lipinski definition) is 10. The van der Waals surface area contributed by atoms with Gasteiger partial charge in [-0.2, -0.15) is 0 Å². The number of phenols is 1. The number of amides is 1. The van der Waals surface area contributed by atoms with Gasteiger partial charge in [0.15, 0.2) is 23.0 Å². The summed E-state index contributed by atoms with van der Waals surface area (Å²) in [6.45, 7) is 0.322. The lowest BCUT2D eigenvalue weighted by molar-refractivity contribution is -0.141. The maximum atomic E-state index is 13.5. The molecule has 4 aromatic rings. The van der Waals surface area contributed by atoms with Crippen LogP contribution in [0.2, 0.25) is 0 Å². The summed E-state index contributed by atoms with van der Waals surface area (Å²) >= 11 is 0. The number of ether oxygens (including phenoxy) is 5. The zero-order valence-electron chi connectivity index (χ0n) is 26.4. The second-order valence-electron chi connectivity index (χ2n) is 12.0. The number of rotatable bonds is 8. The van der Waals surface area contributed by atoms with E-state index < -0.39 is 11.8 Å². The smallest absolute Gasteiger partial charge is 0.310 e. The van der Waals surface area contributed by atoms with E-state index in [-0.39, 0.29) is 54.5 Å². The van der Waals surface area contributed by atoms with Crippen LogP contribution in [0.25, 0.3) is 0 Å². The number of aromatic hydroxyl groups is 1. The molecule has 2 heterocycles. The molecule has 0 bridgehead atoms. The SMILES string of the molecule is COc1cc([C@@H]2c3cc4c(cc3[C@@H](Nc3ccc(NC(=O)c5ccc(N(C)C)cc5)cc3)[C@H]3COC(=O)[C@H]23)OCO4)cc(OC)c1O. The molecule has 1 amide bonds. The normalized spacial score (nSPS) is 20.5. The number of methoxy groups -OCH3 is 2. The highest BCUT2D eigenvalue weighted by Gasteiger charge is 2.52. The number of esters is 1. The number of carbonyl (C=O) groups excluding carboxylic acids is 2. The minimum absolute atomic E-state index is 0.101. The standard InChI is InChI=1S/C36H35N3O8/c1-39(2)23-11-5-19(6-12-23)35(41)38-22-9-7-21(8-10-22)37-33-25-16-28-27(46-18-47-28)15-24(25)31(32-26(33)17-45-36(32)42)20-13-29(43-3)34(40)30(14-20)44-4/h5-16,26,31-33,37,40H,17-18H2,1-4H3,(H,38,41)/t26-,31+,32-,33+/m0/s1. The zero-order chi connectivity index (χ0) is 32.8. The van der Waals surface area contributed by atoms with Crippen LogP contribution >= 0.6 is 0 Å². The van der Waals surface area contributed by atoms with E-state index in [1.807, 2.05) is 67.5 Å². The highest BCUT2D eigenvalue weighted by atomic mass is 16.7. The minimum atomic E-state index is -0.545. The van der Waals surface area contributed by atoms with Gasteiger partial charge in [-0.15, -0.1) is 0 Å². The first-order valence-electron chi connectivity index (χ1n) is 15.3. The fraction of sp³-hybridized carbons (Fsp3) is 0.278. The number of hydrogen-bond donors (Lipinski definition) is 3. The number of carbonyl (C=O) groups is 2. The van der Waals surface area contributed by atoms with Crippen molar-refractivity contribution >= 4 is 28.9 Å². The van der Waals surface area contributed by atoms with Gasteiger partial charge in [0.05, 0.1) is 32.8 Å². The third-order valence-corrected chi connectivity index (χ3v) is 9.16. The first-order chi connectivity index (χ1) is 22.7. The summed E-state index contributed by atoms with van der Waals surface area (Å²) in [6.07, 6.45) is 0. The van der Waals surface area contributed by atoms with Crippen LogP contribution in [-0.2, 0) is 9.53 Å². The molecule has 11 nitrogen and oxygen atoms in total. The molecule has 1 aliphatic carbocycles. The van der Waals surface area contributed by atoms with Crippen LogP contribution in [-0.4, -0.2) is 58.7 Å². The van der Waals surface area contributed by atoms with Crippen LogP contribution in [0.3, 0.4) is 0 Å². The van der Waals surface area contributed by atoms with E-state index in [1.165, 1.54) is 14.2 Å². The van der Waals surface area contributed by atoms with Crippen molar-refractivity contribution in [2.75, 3.05) is 57.2 Å². The van der Waals surface area contributed by atoms with Crippen LogP contribution in [0.15, 0.2) is 72.8 Å². The molecule has 1 fully saturated rings. The number of phenolic OH excluding ortho intramolecular Hbond substituents is 1. The first-order valence-corrected chi connectivity index (χ1v) is 15.3. The molecule has 7 rings (SSSR count). The maximum Gasteiger partial charge on any atom is 0.310 e. The molecule has 4 atom stereocenters. The second-order valence-corrected chi connectivity index (χ2v) is 12.0. The Morgan fingerprint density at radius 3 is 2.09 bits per heavy atom. The zero-order valence-corrected chi connectivity index (χ0v) is 26.4. The largest absolute Gasteiger partial charge is 0.502 e. The predicted molar refractivity (Wildman–Crippen MR) is 175 cm³/mol. The lowest BCUT2D eigenvalue weighted by Gasteiger charge is -2.40. The van der Waals surface area contributed by atoms with Gasteiger partial charge in [-0.1, -0.05) is 0 Å².